The lowest BCUT2D eigenvalue weighted by Crippen LogP contribution is -2.49. The predicted octanol–water partition coefficient (Wildman–Crippen LogP) is 2.07. The van der Waals surface area contributed by atoms with E-state index in [1.165, 1.54) is 6.07 Å². The standard InChI is InChI=1S/C15H24FN3/c1-15(2)7-8-18(3)14(10-17)11-19(15)13-6-4-5-12(16)9-13/h4-6,9,14H,7-8,10-11,17H2,1-3H3. The van der Waals surface area contributed by atoms with Crippen LogP contribution < -0.4 is 10.6 Å². The minimum atomic E-state index is -0.185. The quantitative estimate of drug-likeness (QED) is 0.888. The Morgan fingerprint density at radius 1 is 1.42 bits per heavy atom. The smallest absolute Gasteiger partial charge is 0.125 e. The van der Waals surface area contributed by atoms with E-state index in [-0.39, 0.29) is 11.4 Å². The van der Waals surface area contributed by atoms with Gasteiger partial charge in [-0.05, 0) is 45.5 Å². The Morgan fingerprint density at radius 2 is 2.16 bits per heavy atom. The third kappa shape index (κ3) is 3.07. The fourth-order valence-electron chi connectivity index (χ4n) is 2.72. The van der Waals surface area contributed by atoms with E-state index >= 15 is 0 Å². The Bertz CT molecular complexity index is 433. The summed E-state index contributed by atoms with van der Waals surface area (Å²) in [5.74, 6) is -0.185. The molecule has 1 aliphatic rings. The molecule has 2 N–H and O–H groups in total. The summed E-state index contributed by atoms with van der Waals surface area (Å²) in [7, 11) is 2.11. The van der Waals surface area contributed by atoms with Crippen molar-refractivity contribution in [1.82, 2.24) is 4.90 Å². The molecule has 1 atom stereocenters. The predicted molar refractivity (Wildman–Crippen MR) is 77.9 cm³/mol. The van der Waals surface area contributed by atoms with Gasteiger partial charge in [0.25, 0.3) is 0 Å². The monoisotopic (exact) mass is 265 g/mol. The second-order valence-electron chi connectivity index (χ2n) is 6.02. The summed E-state index contributed by atoms with van der Waals surface area (Å²) in [5, 5.41) is 0. The lowest BCUT2D eigenvalue weighted by atomic mass is 9.97. The molecule has 19 heavy (non-hydrogen) atoms. The Balaban J connectivity index is 2.33. The largest absolute Gasteiger partial charge is 0.365 e. The van der Waals surface area contributed by atoms with Crippen molar-refractivity contribution in [2.45, 2.75) is 31.8 Å². The molecule has 1 fully saturated rings. The molecule has 106 valence electrons. The second-order valence-corrected chi connectivity index (χ2v) is 6.02. The minimum Gasteiger partial charge on any atom is -0.365 e. The van der Waals surface area contributed by atoms with Crippen LogP contribution in [0.1, 0.15) is 20.3 Å². The van der Waals surface area contributed by atoms with Crippen LogP contribution in [0.5, 0.6) is 0 Å². The Hall–Kier alpha value is -1.13. The molecule has 0 aliphatic carbocycles. The Labute approximate surface area is 115 Å². The van der Waals surface area contributed by atoms with Gasteiger partial charge in [-0.15, -0.1) is 0 Å². The third-order valence-electron chi connectivity index (χ3n) is 4.22. The SMILES string of the molecule is CN1CCC(C)(C)N(c2cccc(F)c2)CC1CN. The lowest BCUT2D eigenvalue weighted by molar-refractivity contribution is 0.263. The topological polar surface area (TPSA) is 32.5 Å². The number of halogens is 1. The van der Waals surface area contributed by atoms with Gasteiger partial charge in [0.1, 0.15) is 5.82 Å². The molecule has 3 nitrogen and oxygen atoms in total. The molecule has 0 amide bonds. The Morgan fingerprint density at radius 3 is 2.79 bits per heavy atom. The van der Waals surface area contributed by atoms with Crippen LogP contribution in [0.2, 0.25) is 0 Å². The van der Waals surface area contributed by atoms with Gasteiger partial charge in [0, 0.05) is 36.9 Å². The van der Waals surface area contributed by atoms with Crippen molar-refractivity contribution in [3.63, 3.8) is 0 Å². The molecule has 1 aromatic rings. The van der Waals surface area contributed by atoms with Gasteiger partial charge in [0.2, 0.25) is 0 Å². The maximum absolute atomic E-state index is 13.5. The van der Waals surface area contributed by atoms with E-state index in [2.05, 4.69) is 30.7 Å². The van der Waals surface area contributed by atoms with Gasteiger partial charge in [-0.3, -0.25) is 0 Å². The molecule has 1 unspecified atom stereocenters. The van der Waals surface area contributed by atoms with Gasteiger partial charge in [-0.25, -0.2) is 4.39 Å². The average molecular weight is 265 g/mol. The van der Waals surface area contributed by atoms with Gasteiger partial charge in [0.05, 0.1) is 0 Å². The summed E-state index contributed by atoms with van der Waals surface area (Å²) in [6.07, 6.45) is 1.04. The van der Waals surface area contributed by atoms with Crippen LogP contribution in [0, 0.1) is 5.82 Å². The highest BCUT2D eigenvalue weighted by atomic mass is 19.1. The van der Waals surface area contributed by atoms with Crippen LogP contribution in [0.15, 0.2) is 24.3 Å². The number of nitrogens with two attached hydrogens (primary N) is 1. The van der Waals surface area contributed by atoms with Crippen molar-refractivity contribution in [3.8, 4) is 0 Å². The fourth-order valence-corrected chi connectivity index (χ4v) is 2.72. The molecule has 1 aromatic carbocycles. The van der Waals surface area contributed by atoms with Crippen LogP contribution >= 0.6 is 0 Å². The summed E-state index contributed by atoms with van der Waals surface area (Å²) < 4.78 is 13.5. The van der Waals surface area contributed by atoms with Crippen molar-refractivity contribution in [2.75, 3.05) is 31.6 Å². The van der Waals surface area contributed by atoms with Gasteiger partial charge >= 0.3 is 0 Å². The van der Waals surface area contributed by atoms with E-state index < -0.39 is 0 Å². The van der Waals surface area contributed by atoms with Crippen LogP contribution in [-0.2, 0) is 0 Å². The van der Waals surface area contributed by atoms with Crippen LogP contribution in [0.4, 0.5) is 10.1 Å². The number of nitrogens with zero attached hydrogens (tertiary/aromatic N) is 2. The first-order valence-corrected chi connectivity index (χ1v) is 6.87. The summed E-state index contributed by atoms with van der Waals surface area (Å²) in [4.78, 5) is 4.60. The zero-order valence-electron chi connectivity index (χ0n) is 12.1. The summed E-state index contributed by atoms with van der Waals surface area (Å²) in [6, 6.07) is 7.16. The van der Waals surface area contributed by atoms with E-state index in [1.54, 1.807) is 12.1 Å². The minimum absolute atomic E-state index is 0.00593. The highest BCUT2D eigenvalue weighted by Gasteiger charge is 2.33. The molecular formula is C15H24FN3. The first-order chi connectivity index (χ1) is 8.94. The molecule has 1 heterocycles. The van der Waals surface area contributed by atoms with Crippen molar-refractivity contribution >= 4 is 5.69 Å². The maximum atomic E-state index is 13.5. The number of rotatable bonds is 2. The molecule has 0 bridgehead atoms. The highest BCUT2D eigenvalue weighted by Crippen LogP contribution is 2.30. The molecule has 0 saturated carbocycles. The van der Waals surface area contributed by atoms with E-state index in [0.29, 0.717) is 12.6 Å². The average Bonchev–Trinajstić information content (AvgIpc) is 2.47. The van der Waals surface area contributed by atoms with E-state index in [0.717, 1.165) is 25.2 Å². The molecule has 1 aliphatic heterocycles. The molecule has 0 radical (unpaired) electrons. The molecule has 2 rings (SSSR count). The van der Waals surface area contributed by atoms with Gasteiger partial charge < -0.3 is 15.5 Å². The van der Waals surface area contributed by atoms with Gasteiger partial charge in [0.15, 0.2) is 0 Å². The summed E-state index contributed by atoms with van der Waals surface area (Å²) in [5.41, 5.74) is 6.83. The van der Waals surface area contributed by atoms with Crippen molar-refractivity contribution in [2.24, 2.45) is 5.73 Å². The number of likely N-dealkylation sites (N-methyl/N-ethyl adjacent to an activating group) is 1. The van der Waals surface area contributed by atoms with Crippen LogP contribution in [-0.4, -0.2) is 43.2 Å². The fraction of sp³-hybridized carbons (Fsp3) is 0.600. The first-order valence-electron chi connectivity index (χ1n) is 6.87. The number of benzene rings is 1. The maximum Gasteiger partial charge on any atom is 0.125 e. The molecular weight excluding hydrogens is 241 g/mol. The normalized spacial score (nSPS) is 24.3. The van der Waals surface area contributed by atoms with Crippen LogP contribution in [0.25, 0.3) is 0 Å². The van der Waals surface area contributed by atoms with Gasteiger partial charge in [-0.1, -0.05) is 6.07 Å². The first kappa shape index (κ1) is 14.3. The number of hydrogen-bond donors (Lipinski definition) is 1. The second kappa shape index (κ2) is 5.47. The zero-order chi connectivity index (χ0) is 14.0. The van der Waals surface area contributed by atoms with E-state index in [4.69, 9.17) is 5.73 Å². The van der Waals surface area contributed by atoms with Gasteiger partial charge in [-0.2, -0.15) is 0 Å². The molecule has 4 heteroatoms. The zero-order valence-corrected chi connectivity index (χ0v) is 12.1. The van der Waals surface area contributed by atoms with E-state index in [9.17, 15) is 4.39 Å². The van der Waals surface area contributed by atoms with Crippen molar-refractivity contribution in [3.05, 3.63) is 30.1 Å². The summed E-state index contributed by atoms with van der Waals surface area (Å²) in [6.45, 7) is 6.90. The van der Waals surface area contributed by atoms with Crippen molar-refractivity contribution in [1.29, 1.82) is 0 Å². The third-order valence-corrected chi connectivity index (χ3v) is 4.22. The number of hydrogen-bond acceptors (Lipinski definition) is 3. The number of anilines is 1. The molecule has 0 aromatic heterocycles. The molecule has 1 saturated heterocycles. The van der Waals surface area contributed by atoms with E-state index in [1.807, 2.05) is 6.07 Å². The van der Waals surface area contributed by atoms with Crippen LogP contribution in [0.3, 0.4) is 0 Å². The van der Waals surface area contributed by atoms with Crippen molar-refractivity contribution < 1.29 is 4.39 Å². The Kier molecular flexibility index (Phi) is 4.11. The summed E-state index contributed by atoms with van der Waals surface area (Å²) >= 11 is 0. The molecule has 0 spiro atoms. The highest BCUT2D eigenvalue weighted by molar-refractivity contribution is 5.49. The lowest BCUT2D eigenvalue weighted by Gasteiger charge is -2.40.